The van der Waals surface area contributed by atoms with Gasteiger partial charge in [0.2, 0.25) is 0 Å². The van der Waals surface area contributed by atoms with E-state index in [1.165, 1.54) is 10.6 Å². The Morgan fingerprint density at radius 3 is 2.58 bits per heavy atom. The molecule has 0 aliphatic carbocycles. The van der Waals surface area contributed by atoms with E-state index in [0.29, 0.717) is 12.5 Å². The van der Waals surface area contributed by atoms with E-state index in [1.807, 2.05) is 25.4 Å². The normalized spacial score (nSPS) is 15.3. The molecular formula is C23H30N6OS. The maximum atomic E-state index is 5.09. The highest BCUT2D eigenvalue weighted by Gasteiger charge is 2.22. The van der Waals surface area contributed by atoms with E-state index >= 15 is 0 Å². The molecule has 8 heteroatoms. The largest absolute Gasteiger partial charge is 0.384 e. The minimum Gasteiger partial charge on any atom is -0.384 e. The number of likely N-dealkylation sites (tertiary alicyclic amines) is 1. The van der Waals surface area contributed by atoms with Gasteiger partial charge in [0.1, 0.15) is 11.6 Å². The Hall–Kier alpha value is -2.42. The van der Waals surface area contributed by atoms with Crippen LogP contribution in [0, 0.1) is 13.8 Å². The summed E-state index contributed by atoms with van der Waals surface area (Å²) in [6.07, 6.45) is 6.87. The Bertz CT molecular complexity index is 962. The third kappa shape index (κ3) is 5.84. The van der Waals surface area contributed by atoms with Crippen LogP contribution in [-0.4, -0.2) is 51.6 Å². The molecule has 1 saturated heterocycles. The first-order chi connectivity index (χ1) is 15.1. The summed E-state index contributed by atoms with van der Waals surface area (Å²) < 4.78 is 5.09. The number of hydrogen-bond acceptors (Lipinski definition) is 8. The van der Waals surface area contributed by atoms with Crippen molar-refractivity contribution < 1.29 is 4.74 Å². The topological polar surface area (TPSA) is 76.1 Å². The number of aromatic nitrogens is 4. The van der Waals surface area contributed by atoms with Crippen LogP contribution >= 0.6 is 11.3 Å². The van der Waals surface area contributed by atoms with Gasteiger partial charge in [0.05, 0.1) is 12.3 Å². The van der Waals surface area contributed by atoms with Crippen LogP contribution in [0.5, 0.6) is 0 Å². The zero-order chi connectivity index (χ0) is 21.6. The van der Waals surface area contributed by atoms with Crippen molar-refractivity contribution in [1.82, 2.24) is 24.8 Å². The Kier molecular flexibility index (Phi) is 7.21. The van der Waals surface area contributed by atoms with E-state index in [1.54, 1.807) is 18.4 Å². The van der Waals surface area contributed by atoms with Crippen molar-refractivity contribution in [1.29, 1.82) is 0 Å². The fraction of sp³-hybridized carbons (Fsp3) is 0.478. The first-order valence-electron chi connectivity index (χ1n) is 10.8. The summed E-state index contributed by atoms with van der Waals surface area (Å²) in [7, 11) is 1.70. The highest BCUT2D eigenvalue weighted by molar-refractivity contribution is 7.15. The van der Waals surface area contributed by atoms with Crippen LogP contribution < -0.4 is 5.32 Å². The summed E-state index contributed by atoms with van der Waals surface area (Å²) in [5.41, 5.74) is 3.41. The molecule has 1 fully saturated rings. The number of piperidine rings is 1. The first-order valence-corrected chi connectivity index (χ1v) is 11.6. The van der Waals surface area contributed by atoms with Crippen molar-refractivity contribution in [3.05, 3.63) is 58.2 Å². The Balaban J connectivity index is 1.30. The summed E-state index contributed by atoms with van der Waals surface area (Å²) in [5, 5.41) is 4.28. The first kappa shape index (κ1) is 21.8. The molecule has 4 rings (SSSR count). The zero-order valence-electron chi connectivity index (χ0n) is 18.5. The van der Waals surface area contributed by atoms with Gasteiger partial charge in [0.15, 0.2) is 5.13 Å². The fourth-order valence-corrected chi connectivity index (χ4v) is 4.64. The molecule has 1 aliphatic heterocycles. The molecule has 164 valence electrons. The summed E-state index contributed by atoms with van der Waals surface area (Å²) in [6, 6.07) is 6.25. The number of nitrogens with one attached hydrogen (secondary N) is 1. The smallest absolute Gasteiger partial charge is 0.188 e. The molecule has 0 aromatic carbocycles. The Morgan fingerprint density at radius 2 is 1.90 bits per heavy atom. The summed E-state index contributed by atoms with van der Waals surface area (Å²) in [5.74, 6) is 2.21. The van der Waals surface area contributed by atoms with Crippen LogP contribution in [0.4, 0.5) is 10.9 Å². The molecule has 0 unspecified atom stereocenters. The Labute approximate surface area is 187 Å². The monoisotopic (exact) mass is 438 g/mol. The average Bonchev–Trinajstić information content (AvgIpc) is 3.10. The van der Waals surface area contributed by atoms with Gasteiger partial charge in [0, 0.05) is 54.5 Å². The van der Waals surface area contributed by atoms with E-state index in [-0.39, 0.29) is 0 Å². The SMILES string of the molecule is COCCc1ncc(CN2CCC(c3cccc(Nc4nc(C)c(C)s4)n3)CC2)cn1. The molecular weight excluding hydrogens is 408 g/mol. The predicted molar refractivity (Wildman–Crippen MR) is 124 cm³/mol. The minimum absolute atomic E-state index is 0.491. The summed E-state index contributed by atoms with van der Waals surface area (Å²) >= 11 is 1.67. The van der Waals surface area contributed by atoms with Crippen LogP contribution in [0.3, 0.4) is 0 Å². The molecule has 1 N–H and O–H groups in total. The number of hydrogen-bond donors (Lipinski definition) is 1. The highest BCUT2D eigenvalue weighted by Crippen LogP contribution is 2.29. The second-order valence-electron chi connectivity index (χ2n) is 8.03. The van der Waals surface area contributed by atoms with Crippen LogP contribution in [0.2, 0.25) is 0 Å². The lowest BCUT2D eigenvalue weighted by molar-refractivity contribution is 0.199. The van der Waals surface area contributed by atoms with Crippen LogP contribution in [-0.2, 0) is 17.7 Å². The van der Waals surface area contributed by atoms with Crippen molar-refractivity contribution in [3.63, 3.8) is 0 Å². The molecule has 0 radical (unpaired) electrons. The number of nitrogens with zero attached hydrogens (tertiary/aromatic N) is 5. The van der Waals surface area contributed by atoms with Gasteiger partial charge in [-0.1, -0.05) is 6.07 Å². The van der Waals surface area contributed by atoms with Crippen LogP contribution in [0.15, 0.2) is 30.6 Å². The molecule has 31 heavy (non-hydrogen) atoms. The van der Waals surface area contributed by atoms with Crippen molar-refractivity contribution in [3.8, 4) is 0 Å². The Morgan fingerprint density at radius 1 is 1.13 bits per heavy atom. The molecule has 0 amide bonds. The standard InChI is InChI=1S/C23H30N6OS/c1-16-17(2)31-23(26-16)28-22-6-4-5-20(27-22)19-7-10-29(11-8-19)15-18-13-24-21(25-14-18)9-12-30-3/h4-6,13-14,19H,7-12,15H2,1-3H3,(H,26,27,28). The van der Waals surface area contributed by atoms with Gasteiger partial charge in [-0.05, 0) is 51.9 Å². The number of methoxy groups -OCH3 is 1. The van der Waals surface area contributed by atoms with Crippen molar-refractivity contribution in [2.45, 2.75) is 45.6 Å². The van der Waals surface area contributed by atoms with E-state index in [2.05, 4.69) is 44.2 Å². The second-order valence-corrected chi connectivity index (χ2v) is 9.24. The number of aryl methyl sites for hydroxylation is 2. The van der Waals surface area contributed by atoms with Crippen LogP contribution in [0.1, 0.15) is 46.4 Å². The van der Waals surface area contributed by atoms with Crippen molar-refractivity contribution in [2.75, 3.05) is 32.1 Å². The molecule has 0 atom stereocenters. The average molecular weight is 439 g/mol. The van der Waals surface area contributed by atoms with Gasteiger partial charge in [-0.3, -0.25) is 4.90 Å². The molecule has 3 aromatic heterocycles. The van der Waals surface area contributed by atoms with E-state index in [4.69, 9.17) is 9.72 Å². The molecule has 0 bridgehead atoms. The van der Waals surface area contributed by atoms with E-state index in [0.717, 1.165) is 66.9 Å². The second kappa shape index (κ2) is 10.3. The lowest BCUT2D eigenvalue weighted by Crippen LogP contribution is -2.32. The van der Waals surface area contributed by atoms with Gasteiger partial charge in [-0.15, -0.1) is 11.3 Å². The molecule has 0 spiro atoms. The van der Waals surface area contributed by atoms with Crippen molar-refractivity contribution in [2.24, 2.45) is 0 Å². The maximum absolute atomic E-state index is 5.09. The predicted octanol–water partition coefficient (Wildman–Crippen LogP) is 4.26. The van der Waals surface area contributed by atoms with Crippen LogP contribution in [0.25, 0.3) is 0 Å². The number of thiazole rings is 1. The van der Waals surface area contributed by atoms with Gasteiger partial charge in [-0.25, -0.2) is 19.9 Å². The van der Waals surface area contributed by atoms with E-state index in [9.17, 15) is 0 Å². The molecule has 7 nitrogen and oxygen atoms in total. The fourth-order valence-electron chi connectivity index (χ4n) is 3.81. The maximum Gasteiger partial charge on any atom is 0.188 e. The quantitative estimate of drug-likeness (QED) is 0.563. The highest BCUT2D eigenvalue weighted by atomic mass is 32.1. The summed E-state index contributed by atoms with van der Waals surface area (Å²) in [4.78, 5) is 22.1. The lowest BCUT2D eigenvalue weighted by Gasteiger charge is -2.31. The minimum atomic E-state index is 0.491. The number of ether oxygens (including phenoxy) is 1. The number of pyridine rings is 1. The van der Waals surface area contributed by atoms with Gasteiger partial charge in [-0.2, -0.15) is 0 Å². The lowest BCUT2D eigenvalue weighted by atomic mass is 9.93. The molecule has 4 heterocycles. The third-order valence-corrected chi connectivity index (χ3v) is 6.72. The molecule has 1 aliphatic rings. The summed E-state index contributed by atoms with van der Waals surface area (Å²) in [6.45, 7) is 7.80. The number of rotatable bonds is 8. The van der Waals surface area contributed by atoms with Gasteiger partial charge >= 0.3 is 0 Å². The third-order valence-electron chi connectivity index (χ3n) is 5.73. The van der Waals surface area contributed by atoms with Gasteiger partial charge < -0.3 is 10.1 Å². The van der Waals surface area contributed by atoms with Crippen molar-refractivity contribution >= 4 is 22.3 Å². The number of anilines is 2. The molecule has 0 saturated carbocycles. The van der Waals surface area contributed by atoms with E-state index < -0.39 is 0 Å². The molecule has 3 aromatic rings. The van der Waals surface area contributed by atoms with Gasteiger partial charge in [0.25, 0.3) is 0 Å². The zero-order valence-corrected chi connectivity index (χ0v) is 19.3.